The summed E-state index contributed by atoms with van der Waals surface area (Å²) in [5.41, 5.74) is 0.679. The summed E-state index contributed by atoms with van der Waals surface area (Å²) in [5, 5.41) is 13.2. The van der Waals surface area contributed by atoms with Gasteiger partial charge in [-0.05, 0) is 23.8 Å². The summed E-state index contributed by atoms with van der Waals surface area (Å²) in [4.78, 5) is 24.3. The number of fused-ring (bicyclic) bond motifs is 1. The van der Waals surface area contributed by atoms with E-state index in [-0.39, 0.29) is 6.42 Å². The standard InChI is InChI=1S/C19H16ClNO4S/c1-25-12-8-6-11(7-9-12)14(10-16(22)23)21-19(24)18-17(20)13-4-2-3-5-15(13)26-18/h2-9,14H,10H2,1H3,(H,21,24)(H,22,23)/t14-/m1/s1. The maximum atomic E-state index is 12.7. The highest BCUT2D eigenvalue weighted by Crippen LogP contribution is 2.35. The fourth-order valence-corrected chi connectivity index (χ4v) is 4.07. The molecule has 0 aliphatic heterocycles. The third-order valence-electron chi connectivity index (χ3n) is 3.94. The smallest absolute Gasteiger partial charge is 0.305 e. The van der Waals surface area contributed by atoms with Gasteiger partial charge >= 0.3 is 5.97 Å². The maximum absolute atomic E-state index is 12.7. The van der Waals surface area contributed by atoms with Crippen LogP contribution in [0.4, 0.5) is 0 Å². The number of amides is 1. The zero-order valence-corrected chi connectivity index (χ0v) is 15.4. The first kappa shape index (κ1) is 18.2. The lowest BCUT2D eigenvalue weighted by atomic mass is 10.0. The lowest BCUT2D eigenvalue weighted by molar-refractivity contribution is -0.137. The van der Waals surface area contributed by atoms with E-state index in [2.05, 4.69) is 5.32 Å². The number of nitrogens with one attached hydrogen (secondary N) is 1. The van der Waals surface area contributed by atoms with Gasteiger partial charge in [-0.15, -0.1) is 11.3 Å². The third kappa shape index (κ3) is 3.81. The van der Waals surface area contributed by atoms with E-state index in [9.17, 15) is 14.7 Å². The number of carboxylic acid groups (broad SMARTS) is 1. The monoisotopic (exact) mass is 389 g/mol. The number of benzene rings is 2. The third-order valence-corrected chi connectivity index (χ3v) is 5.62. The van der Waals surface area contributed by atoms with Crippen LogP contribution in [0.1, 0.15) is 27.7 Å². The van der Waals surface area contributed by atoms with Crippen LogP contribution in [0.5, 0.6) is 5.75 Å². The molecule has 0 bridgehead atoms. The van der Waals surface area contributed by atoms with Crippen molar-refractivity contribution in [2.75, 3.05) is 7.11 Å². The first-order chi connectivity index (χ1) is 12.5. The molecule has 1 heterocycles. The van der Waals surface area contributed by atoms with Crippen LogP contribution in [0.2, 0.25) is 5.02 Å². The molecule has 3 rings (SSSR count). The number of carbonyl (C=O) groups excluding carboxylic acids is 1. The lowest BCUT2D eigenvalue weighted by Gasteiger charge is -2.17. The number of rotatable bonds is 6. The highest BCUT2D eigenvalue weighted by atomic mass is 35.5. The molecule has 0 saturated heterocycles. The van der Waals surface area contributed by atoms with E-state index in [1.807, 2.05) is 24.3 Å². The Labute approximate surface area is 159 Å². The molecule has 2 aromatic carbocycles. The van der Waals surface area contributed by atoms with Crippen molar-refractivity contribution >= 4 is 44.9 Å². The highest BCUT2D eigenvalue weighted by Gasteiger charge is 2.22. The highest BCUT2D eigenvalue weighted by molar-refractivity contribution is 7.21. The Morgan fingerprint density at radius 3 is 2.50 bits per heavy atom. The zero-order chi connectivity index (χ0) is 18.7. The summed E-state index contributed by atoms with van der Waals surface area (Å²) in [7, 11) is 1.55. The van der Waals surface area contributed by atoms with E-state index in [0.29, 0.717) is 21.2 Å². The number of thiophene rings is 1. The number of methoxy groups -OCH3 is 1. The summed E-state index contributed by atoms with van der Waals surface area (Å²) >= 11 is 7.63. The minimum absolute atomic E-state index is 0.236. The maximum Gasteiger partial charge on any atom is 0.305 e. The molecule has 2 N–H and O–H groups in total. The van der Waals surface area contributed by atoms with E-state index >= 15 is 0 Å². The normalized spacial score (nSPS) is 11.9. The van der Waals surface area contributed by atoms with Gasteiger partial charge in [0.25, 0.3) is 5.91 Å². The fourth-order valence-electron chi connectivity index (χ4n) is 2.65. The summed E-state index contributed by atoms with van der Waals surface area (Å²) in [6.07, 6.45) is -0.236. The topological polar surface area (TPSA) is 75.6 Å². The van der Waals surface area contributed by atoms with Crippen LogP contribution in [0, 0.1) is 0 Å². The van der Waals surface area contributed by atoms with Crippen molar-refractivity contribution in [3.63, 3.8) is 0 Å². The molecular formula is C19H16ClNO4S. The number of hydrogen-bond donors (Lipinski definition) is 2. The number of ether oxygens (including phenoxy) is 1. The molecule has 1 amide bonds. The number of carboxylic acids is 1. The Morgan fingerprint density at radius 2 is 1.88 bits per heavy atom. The van der Waals surface area contributed by atoms with Gasteiger partial charge in [0.1, 0.15) is 10.6 Å². The summed E-state index contributed by atoms with van der Waals surface area (Å²) < 4.78 is 6.01. The zero-order valence-electron chi connectivity index (χ0n) is 13.9. The largest absolute Gasteiger partial charge is 0.497 e. The Morgan fingerprint density at radius 1 is 1.19 bits per heavy atom. The van der Waals surface area contributed by atoms with Gasteiger partial charge in [-0.25, -0.2) is 0 Å². The molecule has 0 saturated carbocycles. The van der Waals surface area contributed by atoms with E-state index in [1.54, 1.807) is 31.4 Å². The first-order valence-corrected chi connectivity index (χ1v) is 9.02. The molecule has 0 fully saturated rings. The summed E-state index contributed by atoms with van der Waals surface area (Å²) in [6.45, 7) is 0. The van der Waals surface area contributed by atoms with Crippen LogP contribution in [-0.4, -0.2) is 24.1 Å². The van der Waals surface area contributed by atoms with Crippen molar-refractivity contribution in [3.05, 3.63) is 64.0 Å². The molecule has 1 aromatic heterocycles. The van der Waals surface area contributed by atoms with E-state index < -0.39 is 17.9 Å². The second-order valence-corrected chi connectivity index (χ2v) is 7.07. The Balaban J connectivity index is 1.88. The average Bonchev–Trinajstić information content (AvgIpc) is 2.98. The van der Waals surface area contributed by atoms with Crippen LogP contribution in [0.25, 0.3) is 10.1 Å². The van der Waals surface area contributed by atoms with Crippen LogP contribution >= 0.6 is 22.9 Å². The fraction of sp³-hybridized carbons (Fsp3) is 0.158. The molecular weight excluding hydrogens is 374 g/mol. The SMILES string of the molecule is COc1ccc([C@@H](CC(=O)O)NC(=O)c2sc3ccccc3c2Cl)cc1. The molecule has 0 aliphatic rings. The molecule has 0 radical (unpaired) electrons. The number of halogens is 1. The minimum atomic E-state index is -1.01. The van der Waals surface area contributed by atoms with Gasteiger partial charge in [-0.2, -0.15) is 0 Å². The van der Waals surface area contributed by atoms with Crippen molar-refractivity contribution < 1.29 is 19.4 Å². The second kappa shape index (κ2) is 7.76. The Hall–Kier alpha value is -2.57. The van der Waals surface area contributed by atoms with Gasteiger partial charge in [-0.3, -0.25) is 9.59 Å². The minimum Gasteiger partial charge on any atom is -0.497 e. The number of hydrogen-bond acceptors (Lipinski definition) is 4. The van der Waals surface area contributed by atoms with Gasteiger partial charge in [0.2, 0.25) is 0 Å². The summed E-state index contributed by atoms with van der Waals surface area (Å²) in [6, 6.07) is 13.7. The molecule has 0 unspecified atom stereocenters. The van der Waals surface area contributed by atoms with Crippen LogP contribution in [-0.2, 0) is 4.79 Å². The molecule has 5 nitrogen and oxygen atoms in total. The molecule has 0 spiro atoms. The van der Waals surface area contributed by atoms with Crippen LogP contribution < -0.4 is 10.1 Å². The molecule has 3 aromatic rings. The second-order valence-electron chi connectivity index (χ2n) is 5.64. The average molecular weight is 390 g/mol. The lowest BCUT2D eigenvalue weighted by Crippen LogP contribution is -2.29. The van der Waals surface area contributed by atoms with Gasteiger partial charge in [0, 0.05) is 10.1 Å². The first-order valence-electron chi connectivity index (χ1n) is 7.83. The predicted molar refractivity (Wildman–Crippen MR) is 102 cm³/mol. The van der Waals surface area contributed by atoms with Crippen molar-refractivity contribution in [2.24, 2.45) is 0 Å². The van der Waals surface area contributed by atoms with E-state index in [4.69, 9.17) is 16.3 Å². The van der Waals surface area contributed by atoms with E-state index in [1.165, 1.54) is 11.3 Å². The predicted octanol–water partition coefficient (Wildman–Crippen LogP) is 4.51. The van der Waals surface area contributed by atoms with Crippen molar-refractivity contribution in [1.29, 1.82) is 0 Å². The van der Waals surface area contributed by atoms with Crippen molar-refractivity contribution in [3.8, 4) is 5.75 Å². The molecule has 26 heavy (non-hydrogen) atoms. The number of carbonyl (C=O) groups is 2. The van der Waals surface area contributed by atoms with Gasteiger partial charge in [0.15, 0.2) is 0 Å². The summed E-state index contributed by atoms with van der Waals surface area (Å²) in [5.74, 6) is -0.742. The molecule has 1 atom stereocenters. The number of aliphatic carboxylic acids is 1. The van der Waals surface area contributed by atoms with E-state index in [0.717, 1.165) is 10.1 Å². The van der Waals surface area contributed by atoms with Gasteiger partial charge < -0.3 is 15.2 Å². The Bertz CT molecular complexity index is 952. The van der Waals surface area contributed by atoms with Crippen molar-refractivity contribution in [2.45, 2.75) is 12.5 Å². The van der Waals surface area contributed by atoms with Crippen LogP contribution in [0.3, 0.4) is 0 Å². The molecule has 0 aliphatic carbocycles. The molecule has 7 heteroatoms. The van der Waals surface area contributed by atoms with Crippen LogP contribution in [0.15, 0.2) is 48.5 Å². The molecule has 134 valence electrons. The van der Waals surface area contributed by atoms with Gasteiger partial charge in [-0.1, -0.05) is 41.9 Å². The Kier molecular flexibility index (Phi) is 5.44. The van der Waals surface area contributed by atoms with Crippen molar-refractivity contribution in [1.82, 2.24) is 5.32 Å². The quantitative estimate of drug-likeness (QED) is 0.650. The van der Waals surface area contributed by atoms with Gasteiger partial charge in [0.05, 0.1) is 24.6 Å².